The number of amides is 2. The van der Waals surface area contributed by atoms with Crippen LogP contribution in [0.5, 0.6) is 0 Å². The first-order valence-corrected chi connectivity index (χ1v) is 14.7. The molecule has 0 bridgehead atoms. The Morgan fingerprint density at radius 2 is 1.82 bits per heavy atom. The molecule has 3 aromatic carbocycles. The van der Waals surface area contributed by atoms with Gasteiger partial charge in [0.05, 0.1) is 17.5 Å². The zero-order valence-corrected chi connectivity index (χ0v) is 23.8. The van der Waals surface area contributed by atoms with Crippen molar-refractivity contribution in [1.29, 1.82) is 0 Å². The van der Waals surface area contributed by atoms with Crippen molar-refractivity contribution in [1.82, 2.24) is 20.1 Å². The maximum absolute atomic E-state index is 14.7. The number of fused-ring (bicyclic) bond motifs is 1. The van der Waals surface area contributed by atoms with Gasteiger partial charge in [0.15, 0.2) is 0 Å². The van der Waals surface area contributed by atoms with Crippen LogP contribution in [-0.4, -0.2) is 57.5 Å². The van der Waals surface area contributed by atoms with Crippen LogP contribution in [0, 0.1) is 5.82 Å². The number of hydrogen-bond acceptors (Lipinski definition) is 4. The zero-order valence-electron chi connectivity index (χ0n) is 21.5. The van der Waals surface area contributed by atoms with Crippen LogP contribution in [0.15, 0.2) is 77.8 Å². The van der Waals surface area contributed by atoms with Crippen LogP contribution in [0.25, 0.3) is 10.9 Å². The summed E-state index contributed by atoms with van der Waals surface area (Å²) in [6.07, 6.45) is 1.88. The number of carbonyl (C=O) groups excluding carboxylic acids is 2. The topological polar surface area (TPSA) is 68.4 Å². The molecule has 0 saturated carbocycles. The van der Waals surface area contributed by atoms with E-state index in [-0.39, 0.29) is 29.8 Å². The van der Waals surface area contributed by atoms with E-state index in [1.807, 2.05) is 53.6 Å². The van der Waals surface area contributed by atoms with E-state index in [2.05, 4.69) is 10.3 Å². The van der Waals surface area contributed by atoms with Crippen molar-refractivity contribution in [2.45, 2.75) is 28.6 Å². The van der Waals surface area contributed by atoms with Crippen LogP contribution >= 0.6 is 35.0 Å². The number of aromatic nitrogens is 1. The van der Waals surface area contributed by atoms with Crippen molar-refractivity contribution in [3.8, 4) is 0 Å². The Bertz CT molecular complexity index is 1580. The molecule has 1 aromatic heterocycles. The number of nitrogens with one attached hydrogen (secondary N) is 2. The van der Waals surface area contributed by atoms with Gasteiger partial charge in [-0.2, -0.15) is 0 Å². The Morgan fingerprint density at radius 1 is 1.05 bits per heavy atom. The van der Waals surface area contributed by atoms with Gasteiger partial charge in [-0.05, 0) is 42.0 Å². The van der Waals surface area contributed by atoms with Crippen LogP contribution in [0.3, 0.4) is 0 Å². The molecule has 0 aliphatic carbocycles. The normalized spacial score (nSPS) is 21.4. The second-order valence-electron chi connectivity index (χ2n) is 10.1. The highest BCUT2D eigenvalue weighted by molar-refractivity contribution is 8.01. The molecule has 0 spiro atoms. The summed E-state index contributed by atoms with van der Waals surface area (Å²) in [7, 11) is 0. The van der Waals surface area contributed by atoms with Crippen molar-refractivity contribution in [3.63, 3.8) is 0 Å². The van der Waals surface area contributed by atoms with E-state index < -0.39 is 16.6 Å². The highest BCUT2D eigenvalue weighted by Crippen LogP contribution is 2.55. The zero-order chi connectivity index (χ0) is 27.9. The summed E-state index contributed by atoms with van der Waals surface area (Å²) in [5.74, 6) is -0.796. The molecule has 0 unspecified atom stereocenters. The Kier molecular flexibility index (Phi) is 7.52. The van der Waals surface area contributed by atoms with E-state index in [4.69, 9.17) is 23.2 Å². The summed E-state index contributed by atoms with van der Waals surface area (Å²) in [4.78, 5) is 36.4. The number of hydrogen-bond donors (Lipinski definition) is 2. The summed E-state index contributed by atoms with van der Waals surface area (Å²) in [6, 6.07) is 19.2. The highest BCUT2D eigenvalue weighted by Gasteiger charge is 2.59. The number of H-pyrrole nitrogens is 1. The Morgan fingerprint density at radius 3 is 2.58 bits per heavy atom. The lowest BCUT2D eigenvalue weighted by Gasteiger charge is -2.40. The highest BCUT2D eigenvalue weighted by atomic mass is 35.5. The van der Waals surface area contributed by atoms with Gasteiger partial charge in [-0.15, -0.1) is 11.8 Å². The second kappa shape index (κ2) is 11.1. The summed E-state index contributed by atoms with van der Waals surface area (Å²) >= 11 is 13.7. The van der Waals surface area contributed by atoms with Crippen molar-refractivity contribution in [3.05, 3.63) is 99.9 Å². The number of rotatable bonds is 6. The Hall–Kier alpha value is -3.04. The monoisotopic (exact) mass is 596 g/mol. The molecule has 10 heteroatoms. The van der Waals surface area contributed by atoms with Crippen LogP contribution in [0.4, 0.5) is 4.39 Å². The number of benzene rings is 3. The molecule has 6 nitrogen and oxygen atoms in total. The molecule has 2 aliphatic heterocycles. The van der Waals surface area contributed by atoms with Gasteiger partial charge in [0.2, 0.25) is 11.8 Å². The van der Waals surface area contributed by atoms with Gasteiger partial charge in [-0.25, -0.2) is 4.39 Å². The Balaban J connectivity index is 1.53. The molecule has 6 rings (SSSR count). The summed E-state index contributed by atoms with van der Waals surface area (Å²) in [5.41, 5.74) is 2.23. The van der Waals surface area contributed by atoms with Crippen LogP contribution in [-0.2, 0) is 16.1 Å². The molecule has 2 amide bonds. The summed E-state index contributed by atoms with van der Waals surface area (Å²) in [6.45, 7) is 2.63. The van der Waals surface area contributed by atoms with Crippen LogP contribution in [0.1, 0.15) is 23.6 Å². The fourth-order valence-electron chi connectivity index (χ4n) is 5.76. The molecular formula is C30H27Cl2FN4O2S. The molecule has 4 aromatic rings. The van der Waals surface area contributed by atoms with Crippen molar-refractivity contribution < 1.29 is 14.0 Å². The van der Waals surface area contributed by atoms with E-state index in [0.29, 0.717) is 36.8 Å². The third-order valence-corrected chi connectivity index (χ3v) is 9.56. The summed E-state index contributed by atoms with van der Waals surface area (Å²) in [5, 5.41) is 4.79. The number of likely N-dealkylation sites (tertiary alicyclic amines) is 1. The number of piperazine rings is 1. The van der Waals surface area contributed by atoms with Crippen molar-refractivity contribution in [2.75, 3.05) is 26.2 Å². The van der Waals surface area contributed by atoms with Crippen molar-refractivity contribution >= 4 is 57.7 Å². The number of halogens is 3. The van der Waals surface area contributed by atoms with E-state index in [9.17, 15) is 14.0 Å². The van der Waals surface area contributed by atoms with Gasteiger partial charge in [-0.3, -0.25) is 9.59 Å². The van der Waals surface area contributed by atoms with Gasteiger partial charge >= 0.3 is 0 Å². The molecule has 2 aliphatic rings. The maximum atomic E-state index is 14.7. The molecule has 0 radical (unpaired) electrons. The minimum Gasteiger partial charge on any atom is -0.361 e. The molecule has 2 fully saturated rings. The van der Waals surface area contributed by atoms with Crippen molar-refractivity contribution in [2.24, 2.45) is 0 Å². The molecule has 2 atom stereocenters. The number of carbonyl (C=O) groups is 2. The minimum absolute atomic E-state index is 0.0102. The average Bonchev–Trinajstić information content (AvgIpc) is 3.48. The van der Waals surface area contributed by atoms with Gasteiger partial charge in [0, 0.05) is 65.3 Å². The van der Waals surface area contributed by atoms with Gasteiger partial charge in [0.25, 0.3) is 0 Å². The quantitative estimate of drug-likeness (QED) is 0.284. The van der Waals surface area contributed by atoms with Gasteiger partial charge in [-0.1, -0.05) is 53.5 Å². The van der Waals surface area contributed by atoms with E-state index in [1.54, 1.807) is 17.0 Å². The SMILES string of the molecule is O=C1C[C@@](Sc2ccccc2)(C(=O)N2CCNCC2)[C@H](c2c[nH]c3cc(Cl)ccc23)N1Cc1ccc(Cl)c(F)c1. The molecular weight excluding hydrogens is 570 g/mol. The summed E-state index contributed by atoms with van der Waals surface area (Å²) < 4.78 is 13.3. The van der Waals surface area contributed by atoms with E-state index in [1.165, 1.54) is 23.9 Å². The third kappa shape index (κ3) is 4.98. The standard InChI is InChI=1S/C30H27Cl2FN4O2S/c31-20-7-8-22-23(17-35-26(22)15-20)28-30(40-21-4-2-1-3-5-21,29(39)36-12-10-34-11-13-36)16-27(38)37(28)18-19-6-9-24(32)25(33)14-19/h1-9,14-15,17,28,34-35H,10-13,16,18H2/t28-,30-/m0/s1. The molecule has 206 valence electrons. The van der Waals surface area contributed by atoms with Crippen LogP contribution < -0.4 is 5.32 Å². The molecule has 2 N–H and O–H groups in total. The first-order valence-electron chi connectivity index (χ1n) is 13.1. The van der Waals surface area contributed by atoms with Gasteiger partial charge < -0.3 is 20.1 Å². The maximum Gasteiger partial charge on any atom is 0.242 e. The Labute approximate surface area is 245 Å². The lowest BCUT2D eigenvalue weighted by atomic mass is 9.90. The fraction of sp³-hybridized carbons (Fsp3) is 0.267. The number of nitrogens with zero attached hydrogens (tertiary/aromatic N) is 2. The first-order chi connectivity index (χ1) is 19.4. The number of thioether (sulfide) groups is 1. The minimum atomic E-state index is -1.16. The fourth-order valence-corrected chi connectivity index (χ4v) is 7.54. The van der Waals surface area contributed by atoms with Gasteiger partial charge in [0.1, 0.15) is 10.6 Å². The third-order valence-electron chi connectivity index (χ3n) is 7.60. The smallest absolute Gasteiger partial charge is 0.242 e. The molecule has 3 heterocycles. The largest absolute Gasteiger partial charge is 0.361 e. The lowest BCUT2D eigenvalue weighted by Crippen LogP contribution is -2.55. The molecule has 40 heavy (non-hydrogen) atoms. The average molecular weight is 598 g/mol. The first kappa shape index (κ1) is 27.1. The number of aromatic amines is 1. The van der Waals surface area contributed by atoms with Crippen LogP contribution in [0.2, 0.25) is 10.0 Å². The van der Waals surface area contributed by atoms with E-state index >= 15 is 0 Å². The van der Waals surface area contributed by atoms with E-state index in [0.717, 1.165) is 21.4 Å². The predicted octanol–water partition coefficient (Wildman–Crippen LogP) is 6.05. The molecule has 2 saturated heterocycles. The second-order valence-corrected chi connectivity index (χ2v) is 12.4. The predicted molar refractivity (Wildman–Crippen MR) is 157 cm³/mol. The lowest BCUT2D eigenvalue weighted by molar-refractivity contribution is -0.135.